The van der Waals surface area contributed by atoms with E-state index in [1.165, 1.54) is 22.5 Å². The average molecular weight is 406 g/mol. The largest absolute Gasteiger partial charge is 0.370 e. The van der Waals surface area contributed by atoms with Crippen LogP contribution in [-0.4, -0.2) is 20.1 Å². The van der Waals surface area contributed by atoms with Gasteiger partial charge in [-0.1, -0.05) is 30.3 Å². The van der Waals surface area contributed by atoms with E-state index in [1.54, 1.807) is 10.9 Å². The summed E-state index contributed by atoms with van der Waals surface area (Å²) in [5.41, 5.74) is 5.16. The Morgan fingerprint density at radius 3 is 2.79 bits per heavy atom. The minimum atomic E-state index is -0.230. The first kappa shape index (κ1) is 18.5. The minimum absolute atomic E-state index is 0.0200. The van der Waals surface area contributed by atoms with Crippen LogP contribution < -0.4 is 5.56 Å². The molecule has 0 unspecified atom stereocenters. The van der Waals surface area contributed by atoms with E-state index in [9.17, 15) is 4.79 Å². The van der Waals surface area contributed by atoms with E-state index >= 15 is 0 Å². The summed E-state index contributed by atoms with van der Waals surface area (Å²) >= 11 is 1.46. The molecule has 4 heterocycles. The molecule has 1 aliphatic rings. The first-order chi connectivity index (χ1) is 13.9. The van der Waals surface area contributed by atoms with Crippen LogP contribution in [0, 0.1) is 6.92 Å². The molecule has 1 aromatic carbocycles. The molecule has 0 saturated heterocycles. The smallest absolute Gasteiger partial charge is 0.271 e. The fourth-order valence-corrected chi connectivity index (χ4v) is 5.27. The van der Waals surface area contributed by atoms with Crippen molar-refractivity contribution in [1.29, 1.82) is 0 Å². The van der Waals surface area contributed by atoms with Gasteiger partial charge < -0.3 is 4.74 Å². The van der Waals surface area contributed by atoms with Crippen molar-refractivity contribution < 1.29 is 4.74 Å². The van der Waals surface area contributed by atoms with Crippen molar-refractivity contribution in [3.63, 3.8) is 0 Å². The first-order valence-electron chi connectivity index (χ1n) is 9.91. The number of rotatable bonds is 3. The quantitative estimate of drug-likeness (QED) is 0.507. The molecule has 29 heavy (non-hydrogen) atoms. The van der Waals surface area contributed by atoms with Crippen LogP contribution in [0.4, 0.5) is 0 Å². The molecule has 6 heteroatoms. The second-order valence-electron chi connectivity index (χ2n) is 8.32. The van der Waals surface area contributed by atoms with Crippen molar-refractivity contribution in [2.24, 2.45) is 0 Å². The van der Waals surface area contributed by atoms with Crippen LogP contribution in [-0.2, 0) is 30.7 Å². The lowest BCUT2D eigenvalue weighted by Gasteiger charge is -2.32. The molecular weight excluding hydrogens is 382 g/mol. The number of pyridine rings is 1. The normalized spacial score (nSPS) is 15.7. The van der Waals surface area contributed by atoms with Gasteiger partial charge in [-0.25, -0.2) is 9.97 Å². The predicted molar refractivity (Wildman–Crippen MR) is 117 cm³/mol. The monoisotopic (exact) mass is 405 g/mol. The standard InChI is InChI=1S/C23H23N3O2S/c1-14-17-12-28-23(2,3)11-16(17)18-19-20(29-21(18)25-14)22(27)26(13-24-19)10-9-15-7-5-4-6-8-15/h4-8,13H,9-12H2,1-3H3. The van der Waals surface area contributed by atoms with Crippen LogP contribution in [0.3, 0.4) is 0 Å². The average Bonchev–Trinajstić information content (AvgIpc) is 3.07. The van der Waals surface area contributed by atoms with E-state index in [2.05, 4.69) is 26.0 Å². The second kappa shape index (κ2) is 6.75. The topological polar surface area (TPSA) is 57.0 Å². The maximum absolute atomic E-state index is 13.2. The molecule has 4 aromatic rings. The van der Waals surface area contributed by atoms with E-state index in [1.807, 2.05) is 25.1 Å². The lowest BCUT2D eigenvalue weighted by Crippen LogP contribution is -2.32. The van der Waals surface area contributed by atoms with Gasteiger partial charge >= 0.3 is 0 Å². The van der Waals surface area contributed by atoms with Crippen LogP contribution in [0.15, 0.2) is 41.5 Å². The Morgan fingerprint density at radius 2 is 2.00 bits per heavy atom. The number of aromatic nitrogens is 3. The summed E-state index contributed by atoms with van der Waals surface area (Å²) < 4.78 is 8.42. The van der Waals surface area contributed by atoms with Crippen molar-refractivity contribution >= 4 is 31.8 Å². The molecule has 0 N–H and O–H groups in total. The molecule has 0 bridgehead atoms. The number of ether oxygens (including phenoxy) is 1. The number of fused-ring (bicyclic) bond motifs is 5. The summed E-state index contributed by atoms with van der Waals surface area (Å²) in [7, 11) is 0. The van der Waals surface area contributed by atoms with Crippen molar-refractivity contribution in [2.75, 3.05) is 0 Å². The van der Waals surface area contributed by atoms with Crippen molar-refractivity contribution in [3.8, 4) is 0 Å². The molecule has 0 fully saturated rings. The lowest BCUT2D eigenvalue weighted by molar-refractivity contribution is -0.0400. The molecule has 0 saturated carbocycles. The Balaban J connectivity index is 1.63. The Bertz CT molecular complexity index is 1290. The van der Waals surface area contributed by atoms with E-state index in [0.29, 0.717) is 17.9 Å². The summed E-state index contributed by atoms with van der Waals surface area (Å²) in [6.07, 6.45) is 3.29. The van der Waals surface area contributed by atoms with E-state index in [-0.39, 0.29) is 11.2 Å². The number of hydrogen-bond acceptors (Lipinski definition) is 5. The highest BCUT2D eigenvalue weighted by Gasteiger charge is 2.30. The van der Waals surface area contributed by atoms with E-state index < -0.39 is 0 Å². The zero-order chi connectivity index (χ0) is 20.2. The maximum atomic E-state index is 13.2. The molecule has 0 atom stereocenters. The number of hydrogen-bond donors (Lipinski definition) is 0. The van der Waals surface area contributed by atoms with Crippen LogP contribution in [0.5, 0.6) is 0 Å². The maximum Gasteiger partial charge on any atom is 0.271 e. The summed E-state index contributed by atoms with van der Waals surface area (Å²) in [6, 6.07) is 10.2. The highest BCUT2D eigenvalue weighted by molar-refractivity contribution is 7.25. The first-order valence-corrected chi connectivity index (χ1v) is 10.7. The Labute approximate surface area is 173 Å². The molecule has 5 nitrogen and oxygen atoms in total. The van der Waals surface area contributed by atoms with Crippen molar-refractivity contribution in [1.82, 2.24) is 14.5 Å². The van der Waals surface area contributed by atoms with Crippen LogP contribution in [0.1, 0.15) is 36.2 Å². The molecular formula is C23H23N3O2S. The zero-order valence-corrected chi connectivity index (χ0v) is 17.7. The second-order valence-corrected chi connectivity index (χ2v) is 9.32. The van der Waals surface area contributed by atoms with Gasteiger partial charge in [0.1, 0.15) is 9.53 Å². The molecule has 0 amide bonds. The zero-order valence-electron chi connectivity index (χ0n) is 16.9. The third kappa shape index (κ3) is 3.16. The Morgan fingerprint density at radius 1 is 1.21 bits per heavy atom. The molecule has 148 valence electrons. The number of aryl methyl sites for hydroxylation is 3. The molecule has 1 aliphatic heterocycles. The summed E-state index contributed by atoms with van der Waals surface area (Å²) in [4.78, 5) is 23.6. The summed E-state index contributed by atoms with van der Waals surface area (Å²) in [5.74, 6) is 0. The van der Waals surface area contributed by atoms with Gasteiger partial charge in [-0.15, -0.1) is 11.3 Å². The van der Waals surface area contributed by atoms with Gasteiger partial charge in [0.15, 0.2) is 0 Å². The van der Waals surface area contributed by atoms with Gasteiger partial charge in [0.25, 0.3) is 5.56 Å². The van der Waals surface area contributed by atoms with Crippen LogP contribution in [0.2, 0.25) is 0 Å². The van der Waals surface area contributed by atoms with E-state index in [0.717, 1.165) is 39.8 Å². The highest BCUT2D eigenvalue weighted by Crippen LogP contribution is 2.39. The molecule has 0 spiro atoms. The van der Waals surface area contributed by atoms with Crippen molar-refractivity contribution in [3.05, 3.63) is 69.4 Å². The van der Waals surface area contributed by atoms with Gasteiger partial charge in [-0.05, 0) is 38.3 Å². The van der Waals surface area contributed by atoms with Crippen molar-refractivity contribution in [2.45, 2.75) is 52.4 Å². The SMILES string of the molecule is Cc1nc2sc3c(=O)n(CCc4ccccc4)cnc3c2c2c1COC(C)(C)C2. The molecule has 0 radical (unpaired) electrons. The minimum Gasteiger partial charge on any atom is -0.370 e. The highest BCUT2D eigenvalue weighted by atomic mass is 32.1. The summed E-state index contributed by atoms with van der Waals surface area (Å²) in [6.45, 7) is 7.41. The number of nitrogens with zero attached hydrogens (tertiary/aromatic N) is 3. The Hall–Kier alpha value is -2.57. The molecule has 3 aromatic heterocycles. The number of thiophene rings is 1. The van der Waals surface area contributed by atoms with Gasteiger partial charge in [0.2, 0.25) is 0 Å². The van der Waals surface area contributed by atoms with Gasteiger partial charge in [-0.2, -0.15) is 0 Å². The van der Waals surface area contributed by atoms with Gasteiger partial charge in [0.05, 0.1) is 24.1 Å². The fourth-order valence-electron chi connectivity index (χ4n) is 4.11. The van der Waals surface area contributed by atoms with E-state index in [4.69, 9.17) is 14.7 Å². The lowest BCUT2D eigenvalue weighted by atomic mass is 9.89. The molecule has 0 aliphatic carbocycles. The Kier molecular flexibility index (Phi) is 4.29. The fraction of sp³-hybridized carbons (Fsp3) is 0.348. The van der Waals surface area contributed by atoms with Gasteiger partial charge in [0, 0.05) is 29.6 Å². The van der Waals surface area contributed by atoms with Gasteiger partial charge in [-0.3, -0.25) is 9.36 Å². The third-order valence-corrected chi connectivity index (χ3v) is 6.77. The third-order valence-electron chi connectivity index (χ3n) is 5.71. The number of benzene rings is 1. The summed E-state index contributed by atoms with van der Waals surface area (Å²) in [5, 5.41) is 1.04. The molecule has 5 rings (SSSR count). The predicted octanol–water partition coefficient (Wildman–Crippen LogP) is 4.41. The van der Waals surface area contributed by atoms with Crippen LogP contribution >= 0.6 is 11.3 Å². The van der Waals surface area contributed by atoms with Crippen LogP contribution in [0.25, 0.3) is 20.4 Å².